The van der Waals surface area contributed by atoms with Crippen LogP contribution in [0, 0.1) is 5.82 Å². The van der Waals surface area contributed by atoms with Gasteiger partial charge in [0, 0.05) is 37.2 Å². The predicted octanol–water partition coefficient (Wildman–Crippen LogP) is 2.63. The summed E-state index contributed by atoms with van der Waals surface area (Å²) >= 11 is 1.95. The predicted molar refractivity (Wildman–Crippen MR) is 75.8 cm³/mol. The van der Waals surface area contributed by atoms with Crippen molar-refractivity contribution in [1.29, 1.82) is 0 Å². The SMILES string of the molecule is Fc1cc(CNC2CC2)ccc1N1CCSCC1. The van der Waals surface area contributed by atoms with Gasteiger partial charge in [-0.25, -0.2) is 4.39 Å². The smallest absolute Gasteiger partial charge is 0.146 e. The van der Waals surface area contributed by atoms with Crippen molar-refractivity contribution in [3.63, 3.8) is 0 Å². The van der Waals surface area contributed by atoms with Gasteiger partial charge in [0.15, 0.2) is 0 Å². The Morgan fingerprint density at radius 3 is 2.72 bits per heavy atom. The lowest BCUT2D eigenvalue weighted by Gasteiger charge is -2.29. The van der Waals surface area contributed by atoms with Crippen LogP contribution in [0.4, 0.5) is 10.1 Å². The number of benzene rings is 1. The minimum absolute atomic E-state index is 0.0722. The van der Waals surface area contributed by atoms with Crippen molar-refractivity contribution in [2.24, 2.45) is 0 Å². The first-order chi connectivity index (χ1) is 8.83. The van der Waals surface area contributed by atoms with Gasteiger partial charge in [-0.2, -0.15) is 11.8 Å². The van der Waals surface area contributed by atoms with E-state index in [1.807, 2.05) is 17.8 Å². The lowest BCUT2D eigenvalue weighted by molar-refractivity contribution is 0.612. The van der Waals surface area contributed by atoms with Gasteiger partial charge in [0.1, 0.15) is 5.82 Å². The number of nitrogens with one attached hydrogen (secondary N) is 1. The zero-order valence-electron chi connectivity index (χ0n) is 10.5. The number of anilines is 1. The summed E-state index contributed by atoms with van der Waals surface area (Å²) in [5.74, 6) is 2.13. The second-order valence-corrected chi connectivity index (χ2v) is 6.27. The molecular weight excluding hydrogens is 247 g/mol. The Hall–Kier alpha value is -0.740. The average molecular weight is 266 g/mol. The Bertz CT molecular complexity index is 414. The van der Waals surface area contributed by atoms with Gasteiger partial charge in [0.05, 0.1) is 5.69 Å². The van der Waals surface area contributed by atoms with Crippen LogP contribution in [0.2, 0.25) is 0 Å². The van der Waals surface area contributed by atoms with Gasteiger partial charge in [-0.15, -0.1) is 0 Å². The van der Waals surface area contributed by atoms with Crippen molar-refractivity contribution in [2.75, 3.05) is 29.5 Å². The van der Waals surface area contributed by atoms with Crippen molar-refractivity contribution in [2.45, 2.75) is 25.4 Å². The van der Waals surface area contributed by atoms with E-state index in [2.05, 4.69) is 16.3 Å². The van der Waals surface area contributed by atoms with Crippen LogP contribution < -0.4 is 10.2 Å². The summed E-state index contributed by atoms with van der Waals surface area (Å²) in [6, 6.07) is 6.35. The molecule has 3 rings (SSSR count). The van der Waals surface area contributed by atoms with E-state index >= 15 is 0 Å². The molecule has 1 N–H and O–H groups in total. The van der Waals surface area contributed by atoms with Crippen LogP contribution in [0.15, 0.2) is 18.2 Å². The van der Waals surface area contributed by atoms with Crippen LogP contribution in [0.3, 0.4) is 0 Å². The minimum Gasteiger partial charge on any atom is -0.368 e. The molecule has 0 amide bonds. The van der Waals surface area contributed by atoms with E-state index in [1.54, 1.807) is 6.07 Å². The third-order valence-electron chi connectivity index (χ3n) is 3.54. The zero-order chi connectivity index (χ0) is 12.4. The molecule has 1 aliphatic carbocycles. The molecule has 0 unspecified atom stereocenters. The Labute approximate surface area is 112 Å². The maximum Gasteiger partial charge on any atom is 0.146 e. The van der Waals surface area contributed by atoms with Crippen molar-refractivity contribution >= 4 is 17.4 Å². The molecule has 18 heavy (non-hydrogen) atoms. The first-order valence-corrected chi connectivity index (χ1v) is 7.83. The second-order valence-electron chi connectivity index (χ2n) is 5.04. The van der Waals surface area contributed by atoms with Crippen molar-refractivity contribution in [1.82, 2.24) is 5.32 Å². The maximum absolute atomic E-state index is 14.1. The summed E-state index contributed by atoms with van der Waals surface area (Å²) in [7, 11) is 0. The summed E-state index contributed by atoms with van der Waals surface area (Å²) in [6.07, 6.45) is 2.54. The molecule has 0 aromatic heterocycles. The highest BCUT2D eigenvalue weighted by atomic mass is 32.2. The van der Waals surface area contributed by atoms with Gasteiger partial charge in [0.25, 0.3) is 0 Å². The molecule has 0 atom stereocenters. The van der Waals surface area contributed by atoms with Gasteiger partial charge < -0.3 is 10.2 Å². The molecule has 98 valence electrons. The van der Waals surface area contributed by atoms with E-state index in [0.717, 1.165) is 42.4 Å². The first-order valence-electron chi connectivity index (χ1n) is 6.67. The number of thioether (sulfide) groups is 1. The molecule has 4 heteroatoms. The van der Waals surface area contributed by atoms with Crippen LogP contribution in [-0.2, 0) is 6.54 Å². The van der Waals surface area contributed by atoms with Crippen LogP contribution in [0.25, 0.3) is 0 Å². The number of halogens is 1. The third-order valence-corrected chi connectivity index (χ3v) is 4.48. The van der Waals surface area contributed by atoms with E-state index in [4.69, 9.17) is 0 Å². The second kappa shape index (κ2) is 5.49. The van der Waals surface area contributed by atoms with Crippen molar-refractivity contribution in [3.05, 3.63) is 29.6 Å². The molecule has 1 aromatic rings. The number of nitrogens with zero attached hydrogens (tertiary/aromatic N) is 1. The molecule has 2 fully saturated rings. The number of hydrogen-bond donors (Lipinski definition) is 1. The van der Waals surface area contributed by atoms with E-state index in [-0.39, 0.29) is 5.82 Å². The molecule has 1 heterocycles. The highest BCUT2D eigenvalue weighted by Crippen LogP contribution is 2.24. The number of rotatable bonds is 4. The largest absolute Gasteiger partial charge is 0.368 e. The fourth-order valence-corrected chi connectivity index (χ4v) is 3.17. The van der Waals surface area contributed by atoms with E-state index in [9.17, 15) is 4.39 Å². The molecule has 0 spiro atoms. The van der Waals surface area contributed by atoms with Gasteiger partial charge in [-0.05, 0) is 30.5 Å². The molecule has 1 aromatic carbocycles. The topological polar surface area (TPSA) is 15.3 Å². The van der Waals surface area contributed by atoms with E-state index in [0.29, 0.717) is 6.04 Å². The zero-order valence-corrected chi connectivity index (χ0v) is 11.3. The average Bonchev–Trinajstić information content (AvgIpc) is 3.21. The quantitative estimate of drug-likeness (QED) is 0.902. The fraction of sp³-hybridized carbons (Fsp3) is 0.571. The van der Waals surface area contributed by atoms with Crippen molar-refractivity contribution in [3.8, 4) is 0 Å². The normalized spacial score (nSPS) is 20.2. The molecule has 0 bridgehead atoms. The molecule has 1 aliphatic heterocycles. The van der Waals surface area contributed by atoms with Crippen LogP contribution in [0.5, 0.6) is 0 Å². The Morgan fingerprint density at radius 2 is 2.06 bits per heavy atom. The van der Waals surface area contributed by atoms with Crippen LogP contribution in [0.1, 0.15) is 18.4 Å². The summed E-state index contributed by atoms with van der Waals surface area (Å²) in [5, 5.41) is 3.42. The Kier molecular flexibility index (Phi) is 3.75. The van der Waals surface area contributed by atoms with E-state index in [1.165, 1.54) is 12.8 Å². The minimum atomic E-state index is -0.0722. The monoisotopic (exact) mass is 266 g/mol. The standard InChI is InChI=1S/C14H19FN2S/c15-13-9-11(10-16-12-2-3-12)1-4-14(13)17-5-7-18-8-6-17/h1,4,9,12,16H,2-3,5-8,10H2. The molecular formula is C14H19FN2S. The molecule has 0 radical (unpaired) electrons. The summed E-state index contributed by atoms with van der Waals surface area (Å²) in [6.45, 7) is 2.71. The van der Waals surface area contributed by atoms with Gasteiger partial charge >= 0.3 is 0 Å². The highest BCUT2D eigenvalue weighted by molar-refractivity contribution is 7.99. The van der Waals surface area contributed by atoms with Crippen molar-refractivity contribution < 1.29 is 4.39 Å². The number of hydrogen-bond acceptors (Lipinski definition) is 3. The Morgan fingerprint density at radius 1 is 1.28 bits per heavy atom. The lowest BCUT2D eigenvalue weighted by Crippen LogP contribution is -2.33. The van der Waals surface area contributed by atoms with E-state index < -0.39 is 0 Å². The first kappa shape index (κ1) is 12.3. The fourth-order valence-electron chi connectivity index (χ4n) is 2.27. The molecule has 1 saturated heterocycles. The third kappa shape index (κ3) is 2.98. The maximum atomic E-state index is 14.1. The van der Waals surface area contributed by atoms with Gasteiger partial charge in [-0.1, -0.05) is 6.07 Å². The highest BCUT2D eigenvalue weighted by Gasteiger charge is 2.20. The summed E-state index contributed by atoms with van der Waals surface area (Å²) < 4.78 is 14.1. The molecule has 2 aliphatic rings. The lowest BCUT2D eigenvalue weighted by atomic mass is 10.1. The van der Waals surface area contributed by atoms with Crippen LogP contribution >= 0.6 is 11.8 Å². The van der Waals surface area contributed by atoms with Crippen LogP contribution in [-0.4, -0.2) is 30.6 Å². The summed E-state index contributed by atoms with van der Waals surface area (Å²) in [4.78, 5) is 2.16. The molecule has 1 saturated carbocycles. The van der Waals surface area contributed by atoms with Gasteiger partial charge in [-0.3, -0.25) is 0 Å². The Balaban J connectivity index is 1.66. The summed E-state index contributed by atoms with van der Waals surface area (Å²) in [5.41, 5.74) is 1.82. The van der Waals surface area contributed by atoms with Gasteiger partial charge in [0.2, 0.25) is 0 Å². The molecule has 2 nitrogen and oxygen atoms in total.